The van der Waals surface area contributed by atoms with Gasteiger partial charge in [-0.05, 0) is 23.8 Å². The highest BCUT2D eigenvalue weighted by Crippen LogP contribution is 2.30. The molecular weight excluding hydrogens is 291 g/mol. The molecule has 0 unspecified atom stereocenters. The van der Waals surface area contributed by atoms with Gasteiger partial charge in [0.05, 0.1) is 10.9 Å². The number of ether oxygens (including phenoxy) is 1. The third-order valence-corrected chi connectivity index (χ3v) is 3.33. The van der Waals surface area contributed by atoms with Crippen LogP contribution < -0.4 is 4.74 Å². The third-order valence-electron chi connectivity index (χ3n) is 2.49. The Morgan fingerprint density at radius 3 is 2.33 bits per heavy atom. The van der Waals surface area contributed by atoms with E-state index < -0.39 is 0 Å². The average molecular weight is 302 g/mol. The number of hydrogen-bond acceptors (Lipinski definition) is 1. The normalized spacial score (nSPS) is 10.4. The number of alkyl halides is 1. The van der Waals surface area contributed by atoms with Crippen molar-refractivity contribution in [3.05, 3.63) is 63.6 Å². The van der Waals surface area contributed by atoms with Crippen molar-refractivity contribution in [3.63, 3.8) is 0 Å². The van der Waals surface area contributed by atoms with Gasteiger partial charge >= 0.3 is 0 Å². The van der Waals surface area contributed by atoms with E-state index in [9.17, 15) is 0 Å². The second kappa shape index (κ2) is 6.33. The molecule has 4 heteroatoms. The van der Waals surface area contributed by atoms with Gasteiger partial charge in [0, 0.05) is 10.6 Å². The molecule has 94 valence electrons. The molecule has 0 bridgehead atoms. The van der Waals surface area contributed by atoms with E-state index in [4.69, 9.17) is 39.5 Å². The van der Waals surface area contributed by atoms with Crippen LogP contribution >= 0.6 is 34.8 Å². The number of benzene rings is 2. The van der Waals surface area contributed by atoms with Crippen molar-refractivity contribution in [2.24, 2.45) is 0 Å². The molecule has 0 aliphatic rings. The predicted molar refractivity (Wildman–Crippen MR) is 76.8 cm³/mol. The molecule has 0 saturated carbocycles. The zero-order chi connectivity index (χ0) is 13.0. The second-order valence-electron chi connectivity index (χ2n) is 3.78. The lowest BCUT2D eigenvalue weighted by atomic mass is 10.2. The van der Waals surface area contributed by atoms with E-state index >= 15 is 0 Å². The molecule has 18 heavy (non-hydrogen) atoms. The Labute approximate surface area is 121 Å². The molecule has 0 aromatic heterocycles. The third kappa shape index (κ3) is 3.32. The average Bonchev–Trinajstić information content (AvgIpc) is 2.39. The van der Waals surface area contributed by atoms with Gasteiger partial charge in [0.25, 0.3) is 0 Å². The lowest BCUT2D eigenvalue weighted by Gasteiger charge is -2.11. The standard InChI is InChI=1S/C14H11Cl3O/c15-8-11-2-1-3-13(17)14(11)18-9-10-4-6-12(16)7-5-10/h1-7H,8-9H2. The van der Waals surface area contributed by atoms with Crippen LogP contribution in [-0.2, 0) is 12.5 Å². The van der Waals surface area contributed by atoms with Crippen LogP contribution in [0.3, 0.4) is 0 Å². The molecule has 0 atom stereocenters. The number of halogens is 3. The van der Waals surface area contributed by atoms with Crippen molar-refractivity contribution in [1.82, 2.24) is 0 Å². The lowest BCUT2D eigenvalue weighted by Crippen LogP contribution is -1.98. The molecule has 2 rings (SSSR count). The van der Waals surface area contributed by atoms with E-state index in [0.29, 0.717) is 28.3 Å². The van der Waals surface area contributed by atoms with Gasteiger partial charge in [-0.25, -0.2) is 0 Å². The zero-order valence-corrected chi connectivity index (χ0v) is 11.8. The molecule has 2 aromatic carbocycles. The minimum Gasteiger partial charge on any atom is -0.487 e. The van der Waals surface area contributed by atoms with Gasteiger partial charge in [-0.3, -0.25) is 0 Å². The van der Waals surface area contributed by atoms with Crippen molar-refractivity contribution in [2.45, 2.75) is 12.5 Å². The highest BCUT2D eigenvalue weighted by molar-refractivity contribution is 6.32. The zero-order valence-electron chi connectivity index (χ0n) is 9.50. The Balaban J connectivity index is 2.12. The molecule has 1 nitrogen and oxygen atoms in total. The largest absolute Gasteiger partial charge is 0.487 e. The lowest BCUT2D eigenvalue weighted by molar-refractivity contribution is 0.304. The molecule has 0 aliphatic heterocycles. The van der Waals surface area contributed by atoms with Crippen molar-refractivity contribution in [3.8, 4) is 5.75 Å². The molecule has 0 fully saturated rings. The molecule has 0 heterocycles. The smallest absolute Gasteiger partial charge is 0.142 e. The maximum Gasteiger partial charge on any atom is 0.142 e. The Morgan fingerprint density at radius 2 is 1.67 bits per heavy atom. The van der Waals surface area contributed by atoms with Gasteiger partial charge < -0.3 is 4.74 Å². The van der Waals surface area contributed by atoms with E-state index in [1.165, 1.54) is 0 Å². The maximum absolute atomic E-state index is 6.09. The van der Waals surface area contributed by atoms with Crippen LogP contribution in [0.1, 0.15) is 11.1 Å². The quantitative estimate of drug-likeness (QED) is 0.695. The van der Waals surface area contributed by atoms with Crippen molar-refractivity contribution in [1.29, 1.82) is 0 Å². The van der Waals surface area contributed by atoms with Crippen molar-refractivity contribution < 1.29 is 4.74 Å². The monoisotopic (exact) mass is 300 g/mol. The Bertz CT molecular complexity index is 523. The minimum atomic E-state index is 0.372. The highest BCUT2D eigenvalue weighted by Gasteiger charge is 2.07. The first-order valence-corrected chi connectivity index (χ1v) is 6.70. The van der Waals surface area contributed by atoms with Gasteiger partial charge in [-0.15, -0.1) is 11.6 Å². The summed E-state index contributed by atoms with van der Waals surface area (Å²) in [5.74, 6) is 1.01. The van der Waals surface area contributed by atoms with Crippen LogP contribution in [0.15, 0.2) is 42.5 Å². The Hall–Kier alpha value is -0.890. The van der Waals surface area contributed by atoms with Crippen LogP contribution in [0, 0.1) is 0 Å². The minimum absolute atomic E-state index is 0.372. The summed E-state index contributed by atoms with van der Waals surface area (Å²) in [5.41, 5.74) is 1.91. The van der Waals surface area contributed by atoms with Gasteiger partial charge in [0.2, 0.25) is 0 Å². The molecule has 0 N–H and O–H groups in total. The first kappa shape index (κ1) is 13.5. The van der Waals surface area contributed by atoms with Gasteiger partial charge in [0.1, 0.15) is 12.4 Å². The van der Waals surface area contributed by atoms with Gasteiger partial charge in [0.15, 0.2) is 0 Å². The predicted octanol–water partition coefficient (Wildman–Crippen LogP) is 5.31. The summed E-state index contributed by atoms with van der Waals surface area (Å²) in [5, 5.41) is 1.28. The fraction of sp³-hybridized carbons (Fsp3) is 0.143. The van der Waals surface area contributed by atoms with Crippen LogP contribution in [0.2, 0.25) is 10.0 Å². The van der Waals surface area contributed by atoms with Gasteiger partial charge in [-0.1, -0.05) is 47.5 Å². The van der Waals surface area contributed by atoms with E-state index in [0.717, 1.165) is 11.1 Å². The second-order valence-corrected chi connectivity index (χ2v) is 4.89. The molecule has 0 saturated heterocycles. The summed E-state index contributed by atoms with van der Waals surface area (Å²) in [7, 11) is 0. The van der Waals surface area contributed by atoms with Crippen LogP contribution in [0.5, 0.6) is 5.75 Å². The fourth-order valence-corrected chi connectivity index (χ4v) is 2.14. The first-order chi connectivity index (χ1) is 8.70. The first-order valence-electron chi connectivity index (χ1n) is 5.41. The number of hydrogen-bond donors (Lipinski definition) is 0. The van der Waals surface area contributed by atoms with Crippen molar-refractivity contribution >= 4 is 34.8 Å². The van der Waals surface area contributed by atoms with Crippen LogP contribution in [0.25, 0.3) is 0 Å². The Morgan fingerprint density at radius 1 is 0.944 bits per heavy atom. The summed E-state index contributed by atoms with van der Waals surface area (Å²) < 4.78 is 5.73. The fourth-order valence-electron chi connectivity index (χ4n) is 1.56. The summed E-state index contributed by atoms with van der Waals surface area (Å²) in [6.45, 7) is 0.435. The molecule has 0 spiro atoms. The summed E-state index contributed by atoms with van der Waals surface area (Å²) >= 11 is 17.8. The number of para-hydroxylation sites is 1. The van der Waals surface area contributed by atoms with E-state index in [2.05, 4.69) is 0 Å². The molecule has 2 aromatic rings. The summed E-state index contributed by atoms with van der Waals surface area (Å²) in [6, 6.07) is 13.0. The maximum atomic E-state index is 6.09. The van der Waals surface area contributed by atoms with E-state index in [1.54, 1.807) is 6.07 Å². The molecule has 0 aliphatic carbocycles. The summed E-state index contributed by atoms with van der Waals surface area (Å²) in [4.78, 5) is 0. The molecular formula is C14H11Cl3O. The van der Waals surface area contributed by atoms with Gasteiger partial charge in [-0.2, -0.15) is 0 Å². The SMILES string of the molecule is ClCc1cccc(Cl)c1OCc1ccc(Cl)cc1. The topological polar surface area (TPSA) is 9.23 Å². The van der Waals surface area contributed by atoms with Crippen LogP contribution in [0.4, 0.5) is 0 Å². The van der Waals surface area contributed by atoms with E-state index in [-0.39, 0.29) is 0 Å². The number of rotatable bonds is 4. The summed E-state index contributed by atoms with van der Waals surface area (Å²) in [6.07, 6.45) is 0. The Kier molecular flexibility index (Phi) is 4.76. The molecule has 0 amide bonds. The van der Waals surface area contributed by atoms with Crippen molar-refractivity contribution in [2.75, 3.05) is 0 Å². The molecule has 0 radical (unpaired) electrons. The van der Waals surface area contributed by atoms with E-state index in [1.807, 2.05) is 36.4 Å². The highest BCUT2D eigenvalue weighted by atomic mass is 35.5. The van der Waals surface area contributed by atoms with Crippen LogP contribution in [-0.4, -0.2) is 0 Å².